The summed E-state index contributed by atoms with van der Waals surface area (Å²) >= 11 is 0. The number of hydrogen-bond acceptors (Lipinski definition) is 2. The fourth-order valence-corrected chi connectivity index (χ4v) is 1.64. The second-order valence-corrected chi connectivity index (χ2v) is 4.74. The number of benzene rings is 1. The molecule has 1 aromatic carbocycles. The standard InChI is InChI=1S/C14H20N2/c1-11(2)7-8-16(4)14-6-5-12(3)9-13(14)10-15/h5-6,9,11H,7-8H2,1-4H3. The van der Waals surface area contributed by atoms with Gasteiger partial charge >= 0.3 is 0 Å². The van der Waals surface area contributed by atoms with Crippen molar-refractivity contribution in [1.82, 2.24) is 0 Å². The Balaban J connectivity index is 2.83. The van der Waals surface area contributed by atoms with Gasteiger partial charge in [0.1, 0.15) is 6.07 Å². The minimum absolute atomic E-state index is 0.693. The molecule has 0 aromatic heterocycles. The van der Waals surface area contributed by atoms with Gasteiger partial charge in [0.05, 0.1) is 11.3 Å². The van der Waals surface area contributed by atoms with Crippen molar-refractivity contribution in [3.05, 3.63) is 29.3 Å². The molecule has 1 rings (SSSR count). The fraction of sp³-hybridized carbons (Fsp3) is 0.500. The highest BCUT2D eigenvalue weighted by atomic mass is 15.1. The summed E-state index contributed by atoms with van der Waals surface area (Å²) in [7, 11) is 2.05. The number of anilines is 1. The number of rotatable bonds is 4. The smallest absolute Gasteiger partial charge is 0.101 e. The fourth-order valence-electron chi connectivity index (χ4n) is 1.64. The molecule has 0 aliphatic carbocycles. The zero-order valence-corrected chi connectivity index (χ0v) is 10.6. The van der Waals surface area contributed by atoms with Crippen molar-refractivity contribution in [3.63, 3.8) is 0 Å². The maximum atomic E-state index is 9.09. The van der Waals surface area contributed by atoms with Crippen LogP contribution in [0.2, 0.25) is 0 Å². The molecule has 0 radical (unpaired) electrons. The van der Waals surface area contributed by atoms with E-state index in [0.717, 1.165) is 29.8 Å². The predicted molar refractivity (Wildman–Crippen MR) is 68.6 cm³/mol. The Labute approximate surface area is 98.5 Å². The van der Waals surface area contributed by atoms with Crippen LogP contribution in [0, 0.1) is 24.2 Å². The van der Waals surface area contributed by atoms with Crippen LogP contribution in [0.25, 0.3) is 0 Å². The molecule has 0 fully saturated rings. The Morgan fingerprint density at radius 3 is 2.62 bits per heavy atom. The van der Waals surface area contributed by atoms with Gasteiger partial charge in [-0.15, -0.1) is 0 Å². The van der Waals surface area contributed by atoms with Crippen LogP contribution in [0.15, 0.2) is 18.2 Å². The summed E-state index contributed by atoms with van der Waals surface area (Å²) < 4.78 is 0. The van der Waals surface area contributed by atoms with E-state index in [4.69, 9.17) is 5.26 Å². The van der Waals surface area contributed by atoms with Crippen LogP contribution in [0.1, 0.15) is 31.4 Å². The van der Waals surface area contributed by atoms with Crippen LogP contribution in [-0.4, -0.2) is 13.6 Å². The summed E-state index contributed by atoms with van der Waals surface area (Å²) in [5.74, 6) is 0.693. The van der Waals surface area contributed by atoms with E-state index in [0.29, 0.717) is 5.92 Å². The van der Waals surface area contributed by atoms with E-state index in [1.54, 1.807) is 0 Å². The molecule has 86 valence electrons. The third kappa shape index (κ3) is 3.27. The lowest BCUT2D eigenvalue weighted by atomic mass is 10.1. The molecule has 0 aliphatic rings. The Kier molecular flexibility index (Phi) is 4.37. The summed E-state index contributed by atoms with van der Waals surface area (Å²) in [5.41, 5.74) is 2.94. The Morgan fingerprint density at radius 1 is 1.38 bits per heavy atom. The molecule has 0 spiro atoms. The lowest BCUT2D eigenvalue weighted by Gasteiger charge is -2.21. The SMILES string of the molecule is Cc1ccc(N(C)CCC(C)C)c(C#N)c1. The Bertz CT molecular complexity index is 388. The van der Waals surface area contributed by atoms with Gasteiger partial charge in [-0.05, 0) is 37.0 Å². The predicted octanol–water partition coefficient (Wildman–Crippen LogP) is 3.35. The minimum Gasteiger partial charge on any atom is -0.374 e. The maximum Gasteiger partial charge on any atom is 0.101 e. The number of nitriles is 1. The minimum atomic E-state index is 0.693. The molecular formula is C14H20N2. The summed E-state index contributed by atoms with van der Waals surface area (Å²) in [6.07, 6.45) is 1.15. The summed E-state index contributed by atoms with van der Waals surface area (Å²) in [6.45, 7) is 7.44. The van der Waals surface area contributed by atoms with E-state index >= 15 is 0 Å². The Hall–Kier alpha value is -1.49. The van der Waals surface area contributed by atoms with Gasteiger partial charge in [-0.3, -0.25) is 0 Å². The third-order valence-electron chi connectivity index (χ3n) is 2.73. The zero-order chi connectivity index (χ0) is 12.1. The van der Waals surface area contributed by atoms with Crippen LogP contribution in [0.4, 0.5) is 5.69 Å². The zero-order valence-electron chi connectivity index (χ0n) is 10.6. The molecule has 0 saturated carbocycles. The van der Waals surface area contributed by atoms with E-state index in [1.165, 1.54) is 0 Å². The van der Waals surface area contributed by atoms with Crippen molar-refractivity contribution < 1.29 is 0 Å². The first kappa shape index (κ1) is 12.6. The molecule has 0 bridgehead atoms. The van der Waals surface area contributed by atoms with Crippen molar-refractivity contribution in [1.29, 1.82) is 5.26 Å². The van der Waals surface area contributed by atoms with Gasteiger partial charge in [0.15, 0.2) is 0 Å². The molecule has 16 heavy (non-hydrogen) atoms. The van der Waals surface area contributed by atoms with Crippen molar-refractivity contribution in [3.8, 4) is 6.07 Å². The van der Waals surface area contributed by atoms with Gasteiger partial charge in [-0.25, -0.2) is 0 Å². The van der Waals surface area contributed by atoms with Crippen molar-refractivity contribution in [2.75, 3.05) is 18.5 Å². The highest BCUT2D eigenvalue weighted by Crippen LogP contribution is 2.20. The van der Waals surface area contributed by atoms with E-state index in [2.05, 4.69) is 30.9 Å². The number of hydrogen-bond donors (Lipinski definition) is 0. The first-order valence-corrected chi connectivity index (χ1v) is 5.76. The molecule has 0 heterocycles. The average Bonchev–Trinajstić information content (AvgIpc) is 2.25. The van der Waals surface area contributed by atoms with E-state index in [1.807, 2.05) is 26.1 Å². The second kappa shape index (κ2) is 5.55. The highest BCUT2D eigenvalue weighted by Gasteiger charge is 2.07. The quantitative estimate of drug-likeness (QED) is 0.771. The molecule has 1 aromatic rings. The molecule has 0 saturated heterocycles. The van der Waals surface area contributed by atoms with Crippen LogP contribution >= 0.6 is 0 Å². The summed E-state index contributed by atoms with van der Waals surface area (Å²) in [4.78, 5) is 2.16. The van der Waals surface area contributed by atoms with E-state index < -0.39 is 0 Å². The molecule has 0 N–H and O–H groups in total. The molecular weight excluding hydrogens is 196 g/mol. The second-order valence-electron chi connectivity index (χ2n) is 4.74. The van der Waals surface area contributed by atoms with Gasteiger partial charge in [-0.2, -0.15) is 5.26 Å². The molecule has 2 nitrogen and oxygen atoms in total. The van der Waals surface area contributed by atoms with Crippen LogP contribution < -0.4 is 4.90 Å². The molecule has 2 heteroatoms. The van der Waals surface area contributed by atoms with Gasteiger partial charge in [0.2, 0.25) is 0 Å². The molecule has 0 unspecified atom stereocenters. The van der Waals surface area contributed by atoms with E-state index in [-0.39, 0.29) is 0 Å². The van der Waals surface area contributed by atoms with Gasteiger partial charge < -0.3 is 4.90 Å². The average molecular weight is 216 g/mol. The lowest BCUT2D eigenvalue weighted by molar-refractivity contribution is 0.585. The first-order valence-electron chi connectivity index (χ1n) is 5.76. The monoisotopic (exact) mass is 216 g/mol. The third-order valence-corrected chi connectivity index (χ3v) is 2.73. The van der Waals surface area contributed by atoms with Crippen LogP contribution in [0.5, 0.6) is 0 Å². The number of aryl methyl sites for hydroxylation is 1. The number of nitrogens with zero attached hydrogens (tertiary/aromatic N) is 2. The van der Waals surface area contributed by atoms with Crippen molar-refractivity contribution in [2.45, 2.75) is 27.2 Å². The van der Waals surface area contributed by atoms with E-state index in [9.17, 15) is 0 Å². The van der Waals surface area contributed by atoms with Gasteiger partial charge in [0.25, 0.3) is 0 Å². The maximum absolute atomic E-state index is 9.09. The van der Waals surface area contributed by atoms with Crippen molar-refractivity contribution in [2.24, 2.45) is 5.92 Å². The van der Waals surface area contributed by atoms with Crippen LogP contribution in [0.3, 0.4) is 0 Å². The first-order chi connectivity index (χ1) is 7.54. The molecule has 0 aliphatic heterocycles. The normalized spacial score (nSPS) is 10.2. The summed E-state index contributed by atoms with van der Waals surface area (Å²) in [6, 6.07) is 8.30. The Morgan fingerprint density at radius 2 is 2.06 bits per heavy atom. The van der Waals surface area contributed by atoms with Crippen molar-refractivity contribution >= 4 is 5.69 Å². The summed E-state index contributed by atoms with van der Waals surface area (Å²) in [5, 5.41) is 9.09. The molecule has 0 amide bonds. The van der Waals surface area contributed by atoms with Crippen LogP contribution in [-0.2, 0) is 0 Å². The largest absolute Gasteiger partial charge is 0.374 e. The lowest BCUT2D eigenvalue weighted by Crippen LogP contribution is -2.20. The van der Waals surface area contributed by atoms with Gasteiger partial charge in [0, 0.05) is 13.6 Å². The highest BCUT2D eigenvalue weighted by molar-refractivity contribution is 5.59. The molecule has 0 atom stereocenters. The van der Waals surface area contributed by atoms with Gasteiger partial charge in [-0.1, -0.05) is 19.9 Å². The topological polar surface area (TPSA) is 27.0 Å².